The number of rotatable bonds is 1. The topological polar surface area (TPSA) is 64.3 Å². The summed E-state index contributed by atoms with van der Waals surface area (Å²) in [5.74, 6) is 1.31. The maximum absolute atomic E-state index is 5.63. The van der Waals surface area contributed by atoms with Gasteiger partial charge in [-0.1, -0.05) is 0 Å². The van der Waals surface area contributed by atoms with Crippen LogP contribution in [0.25, 0.3) is 0 Å². The lowest BCUT2D eigenvalue weighted by molar-refractivity contribution is -0.0279. The Kier molecular flexibility index (Phi) is 2.48. The van der Waals surface area contributed by atoms with Crippen molar-refractivity contribution in [2.24, 2.45) is 0 Å². The Morgan fingerprint density at radius 2 is 2.20 bits per heavy atom. The molecule has 1 aromatic rings. The molecule has 15 heavy (non-hydrogen) atoms. The van der Waals surface area contributed by atoms with Crippen LogP contribution in [0.15, 0.2) is 12.4 Å². The number of hydrogen-bond acceptors (Lipinski definition) is 5. The summed E-state index contributed by atoms with van der Waals surface area (Å²) in [7, 11) is 0. The fourth-order valence-corrected chi connectivity index (χ4v) is 1.71. The molecule has 2 heterocycles. The Bertz CT molecular complexity index is 336. The molecule has 0 radical (unpaired) electrons. The number of hydrogen-bond donors (Lipinski definition) is 1. The van der Waals surface area contributed by atoms with E-state index in [0.717, 1.165) is 25.5 Å². The standard InChI is InChI=1S/C10H16N4O/c1-10(2)7-14(3-4-15-10)9-6-12-8(11)5-13-9/h5-6H,3-4,7H2,1-2H3,(H2,11,12). The first-order chi connectivity index (χ1) is 7.07. The number of nitrogens with two attached hydrogens (primary N) is 1. The third-order valence-electron chi connectivity index (χ3n) is 2.41. The maximum atomic E-state index is 5.63. The van der Waals surface area contributed by atoms with E-state index in [1.807, 2.05) is 0 Å². The Balaban J connectivity index is 2.13. The highest BCUT2D eigenvalue weighted by molar-refractivity contribution is 5.40. The molecule has 0 saturated carbocycles. The predicted molar refractivity (Wildman–Crippen MR) is 58.7 cm³/mol. The zero-order valence-corrected chi connectivity index (χ0v) is 9.10. The van der Waals surface area contributed by atoms with Crippen LogP contribution in [-0.2, 0) is 4.74 Å². The third kappa shape index (κ3) is 2.36. The fraction of sp³-hybridized carbons (Fsp3) is 0.600. The second kappa shape index (κ2) is 3.66. The van der Waals surface area contributed by atoms with Crippen LogP contribution >= 0.6 is 0 Å². The molecule has 2 rings (SSSR count). The van der Waals surface area contributed by atoms with Gasteiger partial charge in [0.15, 0.2) is 0 Å². The van der Waals surface area contributed by atoms with E-state index in [1.165, 1.54) is 0 Å². The Morgan fingerprint density at radius 1 is 1.40 bits per heavy atom. The second-order valence-corrected chi connectivity index (χ2v) is 4.33. The monoisotopic (exact) mass is 208 g/mol. The molecule has 0 unspecified atom stereocenters. The van der Waals surface area contributed by atoms with Crippen molar-refractivity contribution in [2.45, 2.75) is 19.4 Å². The summed E-state index contributed by atoms with van der Waals surface area (Å²) >= 11 is 0. The van der Waals surface area contributed by atoms with Gasteiger partial charge in [0.2, 0.25) is 0 Å². The van der Waals surface area contributed by atoms with Gasteiger partial charge >= 0.3 is 0 Å². The van der Waals surface area contributed by atoms with Crippen LogP contribution in [0, 0.1) is 0 Å². The van der Waals surface area contributed by atoms with Crippen LogP contribution in [0.5, 0.6) is 0 Å². The summed E-state index contributed by atoms with van der Waals surface area (Å²) in [6, 6.07) is 0. The number of morpholine rings is 1. The number of nitrogen functional groups attached to an aromatic ring is 1. The van der Waals surface area contributed by atoms with Gasteiger partial charge in [-0.3, -0.25) is 0 Å². The van der Waals surface area contributed by atoms with Gasteiger partial charge in [-0.25, -0.2) is 9.97 Å². The molecule has 0 aromatic carbocycles. The van der Waals surface area contributed by atoms with E-state index >= 15 is 0 Å². The van der Waals surface area contributed by atoms with Crippen molar-refractivity contribution in [3.63, 3.8) is 0 Å². The van der Waals surface area contributed by atoms with Crippen molar-refractivity contribution in [2.75, 3.05) is 30.3 Å². The van der Waals surface area contributed by atoms with Crippen molar-refractivity contribution in [3.8, 4) is 0 Å². The summed E-state index contributed by atoms with van der Waals surface area (Å²) in [6.07, 6.45) is 3.29. The van der Waals surface area contributed by atoms with Gasteiger partial charge in [-0.05, 0) is 13.8 Å². The van der Waals surface area contributed by atoms with Crippen LogP contribution in [0.4, 0.5) is 11.6 Å². The molecule has 1 saturated heterocycles. The van der Waals surface area contributed by atoms with E-state index in [9.17, 15) is 0 Å². The normalized spacial score (nSPS) is 20.3. The molecule has 1 aliphatic heterocycles. The summed E-state index contributed by atoms with van der Waals surface area (Å²) in [5, 5.41) is 0. The van der Waals surface area contributed by atoms with Crippen LogP contribution in [0.3, 0.4) is 0 Å². The zero-order valence-electron chi connectivity index (χ0n) is 9.10. The van der Waals surface area contributed by atoms with Crippen molar-refractivity contribution in [1.82, 2.24) is 9.97 Å². The summed E-state index contributed by atoms with van der Waals surface area (Å²) in [5.41, 5.74) is 5.37. The van der Waals surface area contributed by atoms with E-state index in [4.69, 9.17) is 10.5 Å². The lowest BCUT2D eigenvalue weighted by atomic mass is 10.1. The van der Waals surface area contributed by atoms with E-state index in [1.54, 1.807) is 12.4 Å². The predicted octanol–water partition coefficient (Wildman–Crippen LogP) is 0.674. The highest BCUT2D eigenvalue weighted by atomic mass is 16.5. The van der Waals surface area contributed by atoms with Crippen LogP contribution in [-0.4, -0.2) is 35.3 Å². The molecule has 5 heteroatoms. The molecular weight excluding hydrogens is 192 g/mol. The van der Waals surface area contributed by atoms with Gasteiger partial charge < -0.3 is 15.4 Å². The molecule has 0 aliphatic carbocycles. The minimum absolute atomic E-state index is 0.124. The number of aromatic nitrogens is 2. The lowest BCUT2D eigenvalue weighted by Gasteiger charge is -2.38. The quantitative estimate of drug-likeness (QED) is 0.735. The molecule has 1 fully saturated rings. The molecule has 1 aliphatic rings. The average Bonchev–Trinajstić information content (AvgIpc) is 2.17. The average molecular weight is 208 g/mol. The lowest BCUT2D eigenvalue weighted by Crippen LogP contribution is -2.48. The molecular formula is C10H16N4O. The van der Waals surface area contributed by atoms with Gasteiger partial charge in [0.25, 0.3) is 0 Å². The Morgan fingerprint density at radius 3 is 2.80 bits per heavy atom. The first-order valence-corrected chi connectivity index (χ1v) is 5.03. The van der Waals surface area contributed by atoms with Crippen molar-refractivity contribution < 1.29 is 4.74 Å². The first-order valence-electron chi connectivity index (χ1n) is 5.03. The Labute approximate surface area is 89.3 Å². The highest BCUT2D eigenvalue weighted by Crippen LogP contribution is 2.20. The molecule has 2 N–H and O–H groups in total. The molecule has 0 spiro atoms. The smallest absolute Gasteiger partial charge is 0.147 e. The van der Waals surface area contributed by atoms with Crippen LogP contribution in [0.1, 0.15) is 13.8 Å². The van der Waals surface area contributed by atoms with Crippen molar-refractivity contribution in [1.29, 1.82) is 0 Å². The maximum Gasteiger partial charge on any atom is 0.147 e. The SMILES string of the molecule is CC1(C)CN(c2cnc(N)cn2)CCO1. The van der Waals surface area contributed by atoms with E-state index in [0.29, 0.717) is 5.82 Å². The zero-order chi connectivity index (χ0) is 10.9. The minimum atomic E-state index is -0.124. The molecule has 82 valence electrons. The fourth-order valence-electron chi connectivity index (χ4n) is 1.71. The minimum Gasteiger partial charge on any atom is -0.382 e. The molecule has 1 aromatic heterocycles. The van der Waals surface area contributed by atoms with Gasteiger partial charge in [-0.15, -0.1) is 0 Å². The van der Waals surface area contributed by atoms with Crippen molar-refractivity contribution >= 4 is 11.6 Å². The molecule has 0 atom stereocenters. The summed E-state index contributed by atoms with van der Waals surface area (Å²) < 4.78 is 5.63. The van der Waals surface area contributed by atoms with Crippen LogP contribution in [0.2, 0.25) is 0 Å². The summed E-state index contributed by atoms with van der Waals surface area (Å²) in [6.45, 7) is 6.54. The number of nitrogens with zero attached hydrogens (tertiary/aromatic N) is 3. The molecule has 0 bridgehead atoms. The van der Waals surface area contributed by atoms with Crippen molar-refractivity contribution in [3.05, 3.63) is 12.4 Å². The Hall–Kier alpha value is -1.36. The van der Waals surface area contributed by atoms with Gasteiger partial charge in [-0.2, -0.15) is 0 Å². The first kappa shape index (κ1) is 10.2. The number of anilines is 2. The van der Waals surface area contributed by atoms with E-state index in [-0.39, 0.29) is 5.60 Å². The second-order valence-electron chi connectivity index (χ2n) is 4.33. The van der Waals surface area contributed by atoms with Gasteiger partial charge in [0.1, 0.15) is 11.6 Å². The van der Waals surface area contributed by atoms with E-state index in [2.05, 4.69) is 28.7 Å². The summed E-state index contributed by atoms with van der Waals surface area (Å²) in [4.78, 5) is 10.4. The third-order valence-corrected chi connectivity index (χ3v) is 2.41. The van der Waals surface area contributed by atoms with Gasteiger partial charge in [0, 0.05) is 13.1 Å². The molecule has 5 nitrogen and oxygen atoms in total. The largest absolute Gasteiger partial charge is 0.382 e. The van der Waals surface area contributed by atoms with E-state index < -0.39 is 0 Å². The molecule has 0 amide bonds. The number of ether oxygens (including phenoxy) is 1. The highest BCUT2D eigenvalue weighted by Gasteiger charge is 2.27. The van der Waals surface area contributed by atoms with Crippen LogP contribution < -0.4 is 10.6 Å². The van der Waals surface area contributed by atoms with Gasteiger partial charge in [0.05, 0.1) is 24.6 Å².